The monoisotopic (exact) mass is 436 g/mol. The van der Waals surface area contributed by atoms with Crippen molar-refractivity contribution in [2.45, 2.75) is 33.1 Å². The minimum absolute atomic E-state index is 0.138. The van der Waals surface area contributed by atoms with Gasteiger partial charge in [-0.3, -0.25) is 9.59 Å². The number of ether oxygens (including phenoxy) is 2. The second-order valence-corrected chi connectivity index (χ2v) is 7.68. The average Bonchev–Trinajstić information content (AvgIpc) is 3.07. The van der Waals surface area contributed by atoms with Crippen molar-refractivity contribution < 1.29 is 19.1 Å². The van der Waals surface area contributed by atoms with Crippen LogP contribution in [0.2, 0.25) is 0 Å². The maximum atomic E-state index is 12.6. The molecule has 4 rings (SSSR count). The number of nitrogens with two attached hydrogens (primary N) is 1. The van der Waals surface area contributed by atoms with E-state index in [9.17, 15) is 9.59 Å². The smallest absolute Gasteiger partial charge is 0.255 e. The van der Waals surface area contributed by atoms with Crippen molar-refractivity contribution in [2.75, 3.05) is 19.0 Å². The number of aromatic nitrogens is 4. The molecule has 3 aromatic rings. The van der Waals surface area contributed by atoms with Crippen molar-refractivity contribution in [3.05, 3.63) is 52.5 Å². The summed E-state index contributed by atoms with van der Waals surface area (Å²) in [5.41, 5.74) is 9.29. The van der Waals surface area contributed by atoms with Gasteiger partial charge in [0.1, 0.15) is 5.82 Å². The SMILES string of the molecule is COc1cc([C@H]2CC(=O)Nc3c2c(C)nn3-c2nc(C)cc(C)n2)ccc1OCC(N)=O. The molecule has 1 aromatic carbocycles. The van der Waals surface area contributed by atoms with E-state index in [4.69, 9.17) is 15.2 Å². The number of carbonyl (C=O) groups excluding carboxylic acids is 2. The van der Waals surface area contributed by atoms with E-state index in [0.717, 1.165) is 28.2 Å². The number of methoxy groups -OCH3 is 1. The molecular weight excluding hydrogens is 412 g/mol. The highest BCUT2D eigenvalue weighted by Crippen LogP contribution is 2.42. The number of primary amides is 1. The van der Waals surface area contributed by atoms with Crippen molar-refractivity contribution in [3.63, 3.8) is 0 Å². The van der Waals surface area contributed by atoms with E-state index in [0.29, 0.717) is 23.3 Å². The zero-order chi connectivity index (χ0) is 23.0. The predicted octanol–water partition coefficient (Wildman–Crippen LogP) is 1.93. The highest BCUT2D eigenvalue weighted by Gasteiger charge is 2.33. The Bertz CT molecular complexity index is 1200. The van der Waals surface area contributed by atoms with Crippen molar-refractivity contribution in [1.82, 2.24) is 19.7 Å². The Morgan fingerprint density at radius 2 is 1.91 bits per heavy atom. The lowest BCUT2D eigenvalue weighted by molar-refractivity contribution is -0.120. The molecule has 0 bridgehead atoms. The molecule has 0 spiro atoms. The molecule has 2 aromatic heterocycles. The van der Waals surface area contributed by atoms with E-state index >= 15 is 0 Å². The summed E-state index contributed by atoms with van der Waals surface area (Å²) in [5, 5.41) is 7.57. The topological polar surface area (TPSA) is 134 Å². The van der Waals surface area contributed by atoms with Gasteiger partial charge in [-0.2, -0.15) is 9.78 Å². The molecule has 32 heavy (non-hydrogen) atoms. The van der Waals surface area contributed by atoms with Gasteiger partial charge >= 0.3 is 0 Å². The summed E-state index contributed by atoms with van der Waals surface area (Å²) in [4.78, 5) is 32.7. The van der Waals surface area contributed by atoms with E-state index in [1.807, 2.05) is 32.9 Å². The molecule has 3 heterocycles. The van der Waals surface area contributed by atoms with Gasteiger partial charge in [-0.05, 0) is 44.5 Å². The van der Waals surface area contributed by atoms with Crippen LogP contribution in [0.5, 0.6) is 11.5 Å². The zero-order valence-electron chi connectivity index (χ0n) is 18.3. The number of aryl methyl sites for hydroxylation is 3. The number of benzene rings is 1. The summed E-state index contributed by atoms with van der Waals surface area (Å²) in [7, 11) is 1.51. The Morgan fingerprint density at radius 1 is 1.19 bits per heavy atom. The standard InChI is InChI=1S/C22H24N6O4/c1-11-7-12(2)25-22(24-11)28-21-20(13(3)27-28)15(9-19(30)26-21)14-5-6-16(17(8-14)31-4)32-10-18(23)29/h5-8,15H,9-10H2,1-4H3,(H2,23,29)(H,26,30)/t15-/m1/s1. The van der Waals surface area contributed by atoms with Crippen LogP contribution in [0.25, 0.3) is 5.95 Å². The van der Waals surface area contributed by atoms with Crippen LogP contribution in [0, 0.1) is 20.8 Å². The zero-order valence-corrected chi connectivity index (χ0v) is 18.3. The Labute approximate surface area is 184 Å². The summed E-state index contributed by atoms with van der Waals surface area (Å²) in [5.74, 6) is 0.827. The first-order chi connectivity index (χ1) is 15.3. The third-order valence-corrected chi connectivity index (χ3v) is 5.22. The molecule has 10 nitrogen and oxygen atoms in total. The van der Waals surface area contributed by atoms with Gasteiger partial charge in [0, 0.05) is 29.3 Å². The quantitative estimate of drug-likeness (QED) is 0.603. The molecule has 1 atom stereocenters. The molecule has 166 valence electrons. The first-order valence-corrected chi connectivity index (χ1v) is 10.1. The number of fused-ring (bicyclic) bond motifs is 1. The Morgan fingerprint density at radius 3 is 2.56 bits per heavy atom. The van der Waals surface area contributed by atoms with Gasteiger partial charge in [0.2, 0.25) is 5.91 Å². The van der Waals surface area contributed by atoms with E-state index in [1.165, 1.54) is 7.11 Å². The van der Waals surface area contributed by atoms with Crippen molar-refractivity contribution in [3.8, 4) is 17.4 Å². The molecular formula is C22H24N6O4. The maximum absolute atomic E-state index is 12.6. The van der Waals surface area contributed by atoms with E-state index < -0.39 is 5.91 Å². The molecule has 10 heteroatoms. The minimum Gasteiger partial charge on any atom is -0.493 e. The molecule has 0 radical (unpaired) electrons. The molecule has 0 unspecified atom stereocenters. The van der Waals surface area contributed by atoms with Crippen LogP contribution in [0.1, 0.15) is 40.5 Å². The van der Waals surface area contributed by atoms with Gasteiger partial charge in [-0.25, -0.2) is 9.97 Å². The number of anilines is 1. The molecule has 0 aliphatic carbocycles. The molecule has 2 amide bonds. The molecule has 1 aliphatic heterocycles. The lowest BCUT2D eigenvalue weighted by atomic mass is 9.85. The van der Waals surface area contributed by atoms with Gasteiger partial charge in [0.25, 0.3) is 11.9 Å². The van der Waals surface area contributed by atoms with Gasteiger partial charge in [-0.15, -0.1) is 0 Å². The molecule has 1 aliphatic rings. The largest absolute Gasteiger partial charge is 0.493 e. The normalized spacial score (nSPS) is 15.1. The van der Waals surface area contributed by atoms with Crippen LogP contribution in [0.4, 0.5) is 5.82 Å². The summed E-state index contributed by atoms with van der Waals surface area (Å²) in [6.07, 6.45) is 0.248. The number of amides is 2. The van der Waals surface area contributed by atoms with Crippen LogP contribution in [-0.4, -0.2) is 45.3 Å². The first-order valence-electron chi connectivity index (χ1n) is 10.1. The van der Waals surface area contributed by atoms with Crippen LogP contribution in [0.3, 0.4) is 0 Å². The van der Waals surface area contributed by atoms with Crippen LogP contribution in [-0.2, 0) is 9.59 Å². The highest BCUT2D eigenvalue weighted by atomic mass is 16.5. The molecule has 3 N–H and O–H groups in total. The van der Waals surface area contributed by atoms with Crippen molar-refractivity contribution in [1.29, 1.82) is 0 Å². The molecule has 0 saturated carbocycles. The first kappa shape index (κ1) is 21.3. The molecule has 0 saturated heterocycles. The van der Waals surface area contributed by atoms with Gasteiger partial charge in [0.15, 0.2) is 18.1 Å². The fourth-order valence-corrected chi connectivity index (χ4v) is 3.95. The lowest BCUT2D eigenvalue weighted by Gasteiger charge is -2.25. The summed E-state index contributed by atoms with van der Waals surface area (Å²) < 4.78 is 12.4. The minimum atomic E-state index is -0.582. The van der Waals surface area contributed by atoms with E-state index in [2.05, 4.69) is 20.4 Å². The second kappa shape index (κ2) is 8.29. The van der Waals surface area contributed by atoms with Crippen LogP contribution in [0.15, 0.2) is 24.3 Å². The Hall–Kier alpha value is -3.95. The second-order valence-electron chi connectivity index (χ2n) is 7.68. The Kier molecular flexibility index (Phi) is 5.52. The van der Waals surface area contributed by atoms with Gasteiger partial charge in [0.05, 0.1) is 12.8 Å². The number of hydrogen-bond donors (Lipinski definition) is 2. The number of hydrogen-bond acceptors (Lipinski definition) is 7. The summed E-state index contributed by atoms with van der Waals surface area (Å²) in [6.45, 7) is 5.41. The van der Waals surface area contributed by atoms with Gasteiger partial charge < -0.3 is 20.5 Å². The van der Waals surface area contributed by atoms with E-state index in [-0.39, 0.29) is 24.9 Å². The lowest BCUT2D eigenvalue weighted by Crippen LogP contribution is -2.25. The van der Waals surface area contributed by atoms with Crippen molar-refractivity contribution in [2.24, 2.45) is 5.73 Å². The fraction of sp³-hybridized carbons (Fsp3) is 0.318. The third kappa shape index (κ3) is 3.98. The Balaban J connectivity index is 1.78. The van der Waals surface area contributed by atoms with E-state index in [1.54, 1.807) is 16.8 Å². The number of nitrogens with one attached hydrogen (secondary N) is 1. The summed E-state index contributed by atoms with van der Waals surface area (Å²) in [6, 6.07) is 7.22. The predicted molar refractivity (Wildman–Crippen MR) is 116 cm³/mol. The third-order valence-electron chi connectivity index (χ3n) is 5.22. The number of rotatable bonds is 6. The van der Waals surface area contributed by atoms with Crippen molar-refractivity contribution >= 4 is 17.6 Å². The van der Waals surface area contributed by atoms with Crippen LogP contribution >= 0.6 is 0 Å². The average molecular weight is 436 g/mol. The number of nitrogens with zero attached hydrogens (tertiary/aromatic N) is 4. The fourth-order valence-electron chi connectivity index (χ4n) is 3.95. The summed E-state index contributed by atoms with van der Waals surface area (Å²) >= 11 is 0. The van der Waals surface area contributed by atoms with Gasteiger partial charge in [-0.1, -0.05) is 6.07 Å². The number of carbonyl (C=O) groups is 2. The highest BCUT2D eigenvalue weighted by molar-refractivity contribution is 5.95. The molecule has 0 fully saturated rings. The van der Waals surface area contributed by atoms with Crippen LogP contribution < -0.4 is 20.5 Å². The maximum Gasteiger partial charge on any atom is 0.255 e.